The van der Waals surface area contributed by atoms with Gasteiger partial charge in [0.25, 0.3) is 17.7 Å². The summed E-state index contributed by atoms with van der Waals surface area (Å²) < 4.78 is 5.21. The molecule has 156 valence electrons. The Bertz CT molecular complexity index is 1230. The number of imide groups is 1. The lowest BCUT2D eigenvalue weighted by molar-refractivity contribution is -0.121. The van der Waals surface area contributed by atoms with Crippen LogP contribution in [0.5, 0.6) is 0 Å². The number of hydrogen-bond donors (Lipinski definition) is 0. The highest BCUT2D eigenvalue weighted by Crippen LogP contribution is 2.27. The van der Waals surface area contributed by atoms with Crippen LogP contribution in [0.25, 0.3) is 10.8 Å². The molecule has 0 spiro atoms. The number of benzene rings is 3. The molecule has 3 aromatic rings. The number of ether oxygens (including phenoxy) is 1. The van der Waals surface area contributed by atoms with Crippen LogP contribution in [0.3, 0.4) is 0 Å². The minimum atomic E-state index is -0.736. The first-order valence-electron chi connectivity index (χ1n) is 9.84. The Kier molecular flexibility index (Phi) is 5.25. The lowest BCUT2D eigenvalue weighted by atomic mass is 10.1. The van der Waals surface area contributed by atoms with Crippen molar-refractivity contribution in [2.24, 2.45) is 0 Å². The van der Waals surface area contributed by atoms with Crippen LogP contribution in [-0.4, -0.2) is 48.8 Å². The Morgan fingerprint density at radius 3 is 2.42 bits per heavy atom. The van der Waals surface area contributed by atoms with Gasteiger partial charge in [0.15, 0.2) is 6.61 Å². The number of carbonyl (C=O) groups excluding carboxylic acids is 4. The fourth-order valence-corrected chi connectivity index (χ4v) is 3.70. The van der Waals surface area contributed by atoms with Crippen LogP contribution in [-0.2, 0) is 9.53 Å². The van der Waals surface area contributed by atoms with E-state index in [1.165, 1.54) is 25.2 Å². The molecule has 1 aliphatic rings. The molecular formula is C24H20N2O5. The molecule has 0 fully saturated rings. The largest absolute Gasteiger partial charge is 0.452 e. The Labute approximate surface area is 178 Å². The van der Waals surface area contributed by atoms with Gasteiger partial charge in [0, 0.05) is 19.0 Å². The number of rotatable bonds is 5. The smallest absolute Gasteiger partial charge is 0.338 e. The summed E-state index contributed by atoms with van der Waals surface area (Å²) in [4.78, 5) is 52.0. The third-order valence-corrected chi connectivity index (χ3v) is 5.33. The van der Waals surface area contributed by atoms with Crippen molar-refractivity contribution >= 4 is 40.2 Å². The number of esters is 1. The summed E-state index contributed by atoms with van der Waals surface area (Å²) in [6, 6.07) is 17.6. The van der Waals surface area contributed by atoms with E-state index in [0.29, 0.717) is 6.54 Å². The SMILES string of the molecule is CCN(C(=O)COC(=O)c1ccc2c(c1)C(=O)N(C)C2=O)c1cccc2ccccc12. The molecule has 1 aliphatic heterocycles. The van der Waals surface area contributed by atoms with Gasteiger partial charge < -0.3 is 9.64 Å². The average molecular weight is 416 g/mol. The molecule has 0 atom stereocenters. The maximum atomic E-state index is 12.8. The predicted molar refractivity (Wildman–Crippen MR) is 115 cm³/mol. The van der Waals surface area contributed by atoms with Gasteiger partial charge in [0.05, 0.1) is 22.4 Å². The van der Waals surface area contributed by atoms with Gasteiger partial charge in [-0.15, -0.1) is 0 Å². The summed E-state index contributed by atoms with van der Waals surface area (Å²) in [5.74, 6) is -1.98. The highest BCUT2D eigenvalue weighted by molar-refractivity contribution is 6.21. The molecule has 0 aromatic heterocycles. The van der Waals surface area contributed by atoms with E-state index in [0.717, 1.165) is 21.4 Å². The lowest BCUT2D eigenvalue weighted by Crippen LogP contribution is -2.34. The zero-order valence-electron chi connectivity index (χ0n) is 17.1. The number of hydrogen-bond acceptors (Lipinski definition) is 5. The number of likely N-dealkylation sites (N-methyl/N-ethyl adjacent to an activating group) is 1. The van der Waals surface area contributed by atoms with Crippen LogP contribution in [0.1, 0.15) is 38.0 Å². The third kappa shape index (κ3) is 3.54. The van der Waals surface area contributed by atoms with Gasteiger partial charge in [-0.05, 0) is 36.6 Å². The zero-order chi connectivity index (χ0) is 22.1. The molecule has 0 N–H and O–H groups in total. The number of anilines is 1. The Hall–Kier alpha value is -4.00. The normalized spacial score (nSPS) is 12.8. The molecular weight excluding hydrogens is 396 g/mol. The van der Waals surface area contributed by atoms with Gasteiger partial charge in [0.1, 0.15) is 0 Å². The number of carbonyl (C=O) groups is 4. The second kappa shape index (κ2) is 8.02. The Balaban J connectivity index is 1.50. The number of nitrogens with zero attached hydrogens (tertiary/aromatic N) is 2. The minimum absolute atomic E-state index is 0.108. The highest BCUT2D eigenvalue weighted by Gasteiger charge is 2.33. The Morgan fingerprint density at radius 1 is 0.935 bits per heavy atom. The molecule has 1 heterocycles. The van der Waals surface area contributed by atoms with E-state index in [1.807, 2.05) is 49.4 Å². The van der Waals surface area contributed by atoms with Crippen LogP contribution >= 0.6 is 0 Å². The van der Waals surface area contributed by atoms with Crippen LogP contribution in [0, 0.1) is 0 Å². The summed E-state index contributed by atoms with van der Waals surface area (Å²) in [6.07, 6.45) is 0. The summed E-state index contributed by atoms with van der Waals surface area (Å²) in [7, 11) is 1.38. The minimum Gasteiger partial charge on any atom is -0.452 e. The molecule has 31 heavy (non-hydrogen) atoms. The molecule has 0 radical (unpaired) electrons. The second-order valence-electron chi connectivity index (χ2n) is 7.14. The lowest BCUT2D eigenvalue weighted by Gasteiger charge is -2.22. The van der Waals surface area contributed by atoms with Crippen molar-refractivity contribution in [2.45, 2.75) is 6.92 Å². The first kappa shape index (κ1) is 20.3. The monoisotopic (exact) mass is 416 g/mol. The molecule has 0 saturated carbocycles. The van der Waals surface area contributed by atoms with Gasteiger partial charge in [-0.25, -0.2) is 4.79 Å². The van der Waals surface area contributed by atoms with Gasteiger partial charge >= 0.3 is 5.97 Å². The molecule has 0 bridgehead atoms. The van der Waals surface area contributed by atoms with E-state index < -0.39 is 24.4 Å². The van der Waals surface area contributed by atoms with E-state index in [-0.39, 0.29) is 22.6 Å². The summed E-state index contributed by atoms with van der Waals surface area (Å²) in [5.41, 5.74) is 1.25. The van der Waals surface area contributed by atoms with Gasteiger partial charge in [-0.2, -0.15) is 0 Å². The first-order chi connectivity index (χ1) is 14.9. The van der Waals surface area contributed by atoms with Crippen molar-refractivity contribution < 1.29 is 23.9 Å². The standard InChI is InChI=1S/C24H20N2O5/c1-3-26(20-10-6-8-15-7-4-5-9-17(15)20)21(27)14-31-24(30)16-11-12-18-19(13-16)23(29)25(2)22(18)28/h4-13H,3,14H2,1-2H3. The highest BCUT2D eigenvalue weighted by atomic mass is 16.5. The van der Waals surface area contributed by atoms with Crippen molar-refractivity contribution in [3.8, 4) is 0 Å². The molecule has 7 nitrogen and oxygen atoms in total. The van der Waals surface area contributed by atoms with Crippen LogP contribution in [0.15, 0.2) is 60.7 Å². The Morgan fingerprint density at radius 2 is 1.65 bits per heavy atom. The van der Waals surface area contributed by atoms with Crippen LogP contribution < -0.4 is 4.90 Å². The maximum Gasteiger partial charge on any atom is 0.338 e. The molecule has 7 heteroatoms. The first-order valence-corrected chi connectivity index (χ1v) is 9.84. The summed E-state index contributed by atoms with van der Waals surface area (Å²) in [5, 5.41) is 1.93. The van der Waals surface area contributed by atoms with Gasteiger partial charge in [-0.3, -0.25) is 19.3 Å². The van der Waals surface area contributed by atoms with Crippen molar-refractivity contribution in [3.05, 3.63) is 77.4 Å². The van der Waals surface area contributed by atoms with Gasteiger partial charge in [0.2, 0.25) is 0 Å². The number of fused-ring (bicyclic) bond motifs is 2. The molecule has 4 rings (SSSR count). The topological polar surface area (TPSA) is 84.0 Å². The molecule has 3 amide bonds. The summed E-state index contributed by atoms with van der Waals surface area (Å²) >= 11 is 0. The fourth-order valence-electron chi connectivity index (χ4n) is 3.70. The van der Waals surface area contributed by atoms with E-state index >= 15 is 0 Å². The van der Waals surface area contributed by atoms with E-state index in [2.05, 4.69) is 0 Å². The van der Waals surface area contributed by atoms with Crippen LogP contribution in [0.4, 0.5) is 5.69 Å². The third-order valence-electron chi connectivity index (χ3n) is 5.33. The molecule has 0 aliphatic carbocycles. The molecule has 0 unspecified atom stereocenters. The fraction of sp³-hybridized carbons (Fsp3) is 0.167. The van der Waals surface area contributed by atoms with Crippen molar-refractivity contribution in [2.75, 3.05) is 25.1 Å². The van der Waals surface area contributed by atoms with E-state index in [4.69, 9.17) is 4.74 Å². The van der Waals surface area contributed by atoms with Crippen molar-refractivity contribution in [1.29, 1.82) is 0 Å². The van der Waals surface area contributed by atoms with Crippen LogP contribution in [0.2, 0.25) is 0 Å². The molecule has 3 aromatic carbocycles. The van der Waals surface area contributed by atoms with E-state index in [1.54, 1.807) is 4.90 Å². The average Bonchev–Trinajstić information content (AvgIpc) is 3.01. The van der Waals surface area contributed by atoms with E-state index in [9.17, 15) is 19.2 Å². The van der Waals surface area contributed by atoms with Crippen molar-refractivity contribution in [1.82, 2.24) is 4.90 Å². The van der Waals surface area contributed by atoms with Crippen molar-refractivity contribution in [3.63, 3.8) is 0 Å². The number of amides is 3. The maximum absolute atomic E-state index is 12.8. The second-order valence-corrected chi connectivity index (χ2v) is 7.14. The van der Waals surface area contributed by atoms with Gasteiger partial charge in [-0.1, -0.05) is 36.4 Å². The predicted octanol–water partition coefficient (Wildman–Crippen LogP) is 3.28. The quantitative estimate of drug-likeness (QED) is 0.471. The molecule has 0 saturated heterocycles. The zero-order valence-corrected chi connectivity index (χ0v) is 17.1. The summed E-state index contributed by atoms with van der Waals surface area (Å²) in [6.45, 7) is 1.81.